The number of methoxy groups -OCH3 is 2. The van der Waals surface area contributed by atoms with E-state index in [-0.39, 0.29) is 17.7 Å². The number of hydrogen-bond acceptors (Lipinski definition) is 6. The smallest absolute Gasteiger partial charge is 0.341 e. The van der Waals surface area contributed by atoms with Gasteiger partial charge in [0.2, 0.25) is 5.43 Å². The highest BCUT2D eigenvalue weighted by molar-refractivity contribution is 5.88. The molecule has 0 unspecified atom stereocenters. The maximum atomic E-state index is 15.5. The number of carboxylic acid groups (broad SMARTS) is 1. The Kier molecular flexibility index (Phi) is 6.20. The van der Waals surface area contributed by atoms with Crippen molar-refractivity contribution in [1.82, 2.24) is 4.57 Å². The van der Waals surface area contributed by atoms with Gasteiger partial charge >= 0.3 is 5.97 Å². The van der Waals surface area contributed by atoms with Crippen molar-refractivity contribution in [2.75, 3.05) is 40.6 Å². The maximum absolute atomic E-state index is 15.5. The van der Waals surface area contributed by atoms with Crippen LogP contribution in [0.1, 0.15) is 48.1 Å². The summed E-state index contributed by atoms with van der Waals surface area (Å²) in [5.74, 6) is -1.85. The first-order valence-corrected chi connectivity index (χ1v) is 10.8. The fourth-order valence-electron chi connectivity index (χ4n) is 4.98. The molecular formula is C24H28FNO7. The molecule has 0 saturated carbocycles. The zero-order valence-electron chi connectivity index (χ0n) is 19.1. The Morgan fingerprint density at radius 3 is 2.70 bits per heavy atom. The lowest BCUT2D eigenvalue weighted by Crippen LogP contribution is -2.45. The van der Waals surface area contributed by atoms with Crippen LogP contribution in [0.3, 0.4) is 0 Å². The molecule has 0 amide bonds. The Labute approximate surface area is 190 Å². The SMILES string of the molecule is COCCCOc1cc2c(cc1OC)-c1c(F)c(=O)c(C(=O)O)cn1[C@H]1[C@@H]2COCC1(C)C. The first-order chi connectivity index (χ1) is 15.7. The molecule has 2 aromatic rings. The number of carboxylic acids is 1. The van der Waals surface area contributed by atoms with E-state index in [2.05, 4.69) is 0 Å². The zero-order chi connectivity index (χ0) is 23.9. The van der Waals surface area contributed by atoms with Gasteiger partial charge in [-0.25, -0.2) is 9.18 Å². The summed E-state index contributed by atoms with van der Waals surface area (Å²) in [5, 5.41) is 9.50. The van der Waals surface area contributed by atoms with Crippen LogP contribution in [-0.4, -0.2) is 56.3 Å². The van der Waals surface area contributed by atoms with Crippen molar-refractivity contribution in [3.8, 4) is 22.8 Å². The van der Waals surface area contributed by atoms with E-state index < -0.39 is 28.2 Å². The van der Waals surface area contributed by atoms with Gasteiger partial charge in [-0.15, -0.1) is 0 Å². The van der Waals surface area contributed by atoms with Gasteiger partial charge in [-0.2, -0.15) is 0 Å². The first kappa shape index (κ1) is 23.3. The summed E-state index contributed by atoms with van der Waals surface area (Å²) in [6, 6.07) is 3.15. The monoisotopic (exact) mass is 461 g/mol. The maximum Gasteiger partial charge on any atom is 0.341 e. The van der Waals surface area contributed by atoms with Crippen LogP contribution in [0.4, 0.5) is 4.39 Å². The number of nitrogens with zero attached hydrogens (tertiary/aromatic N) is 1. The van der Waals surface area contributed by atoms with Crippen LogP contribution in [0, 0.1) is 11.2 Å². The van der Waals surface area contributed by atoms with E-state index in [0.29, 0.717) is 49.9 Å². The first-order valence-electron chi connectivity index (χ1n) is 10.8. The van der Waals surface area contributed by atoms with E-state index in [9.17, 15) is 14.7 Å². The third-order valence-corrected chi connectivity index (χ3v) is 6.40. The zero-order valence-corrected chi connectivity index (χ0v) is 19.1. The quantitative estimate of drug-likeness (QED) is 0.631. The molecule has 2 atom stereocenters. The van der Waals surface area contributed by atoms with Crippen molar-refractivity contribution in [2.24, 2.45) is 5.41 Å². The molecule has 1 aromatic heterocycles. The van der Waals surface area contributed by atoms with Crippen LogP contribution in [0.15, 0.2) is 23.1 Å². The molecule has 1 N–H and O–H groups in total. The average Bonchev–Trinajstić information content (AvgIpc) is 2.77. The van der Waals surface area contributed by atoms with Gasteiger partial charge in [-0.3, -0.25) is 4.79 Å². The van der Waals surface area contributed by atoms with Gasteiger partial charge in [0.15, 0.2) is 17.3 Å². The van der Waals surface area contributed by atoms with E-state index in [1.165, 1.54) is 13.3 Å². The molecule has 3 heterocycles. The predicted molar refractivity (Wildman–Crippen MR) is 118 cm³/mol. The number of aromatic carboxylic acids is 1. The second-order valence-electron chi connectivity index (χ2n) is 9.09. The Bertz CT molecular complexity index is 1140. The van der Waals surface area contributed by atoms with Gasteiger partial charge in [-0.05, 0) is 17.7 Å². The Balaban J connectivity index is 1.95. The topological polar surface area (TPSA) is 96.2 Å². The van der Waals surface area contributed by atoms with Crippen LogP contribution in [0.5, 0.6) is 11.5 Å². The van der Waals surface area contributed by atoms with Crippen molar-refractivity contribution in [3.63, 3.8) is 0 Å². The van der Waals surface area contributed by atoms with Crippen molar-refractivity contribution < 1.29 is 33.2 Å². The van der Waals surface area contributed by atoms with Gasteiger partial charge in [0.1, 0.15) is 5.56 Å². The number of aromatic nitrogens is 1. The third-order valence-electron chi connectivity index (χ3n) is 6.40. The highest BCUT2D eigenvalue weighted by Crippen LogP contribution is 2.54. The number of halogens is 1. The van der Waals surface area contributed by atoms with Gasteiger partial charge < -0.3 is 28.6 Å². The summed E-state index contributed by atoms with van der Waals surface area (Å²) in [4.78, 5) is 24.2. The normalized spacial score (nSPS) is 20.4. The lowest BCUT2D eigenvalue weighted by molar-refractivity contribution is -0.0432. The molecule has 2 aliphatic heterocycles. The Morgan fingerprint density at radius 2 is 2.03 bits per heavy atom. The predicted octanol–water partition coefficient (Wildman–Crippen LogP) is 3.47. The summed E-state index contributed by atoms with van der Waals surface area (Å²) in [6.07, 6.45) is 1.95. The lowest BCUT2D eigenvalue weighted by Gasteiger charge is -2.49. The van der Waals surface area contributed by atoms with E-state index >= 15 is 4.39 Å². The second-order valence-corrected chi connectivity index (χ2v) is 9.09. The molecule has 8 nitrogen and oxygen atoms in total. The lowest BCUT2D eigenvalue weighted by atomic mass is 9.70. The third kappa shape index (κ3) is 3.89. The summed E-state index contributed by atoms with van der Waals surface area (Å²) in [5.41, 5.74) is -0.888. The summed E-state index contributed by atoms with van der Waals surface area (Å²) in [7, 11) is 3.10. The summed E-state index contributed by atoms with van der Waals surface area (Å²) >= 11 is 0. The molecule has 1 fully saturated rings. The van der Waals surface area contributed by atoms with Crippen molar-refractivity contribution in [1.29, 1.82) is 0 Å². The second kappa shape index (κ2) is 8.79. The van der Waals surface area contributed by atoms with Crippen LogP contribution >= 0.6 is 0 Å². The minimum atomic E-state index is -1.46. The number of carbonyl (C=O) groups is 1. The molecule has 33 heavy (non-hydrogen) atoms. The molecule has 2 aliphatic rings. The van der Waals surface area contributed by atoms with Crippen molar-refractivity contribution in [3.05, 3.63) is 45.5 Å². The van der Waals surface area contributed by atoms with Crippen LogP contribution in [0.2, 0.25) is 0 Å². The molecule has 0 radical (unpaired) electrons. The minimum Gasteiger partial charge on any atom is -0.493 e. The molecular weight excluding hydrogens is 433 g/mol. The molecule has 0 spiro atoms. The van der Waals surface area contributed by atoms with Crippen molar-refractivity contribution in [2.45, 2.75) is 32.2 Å². The van der Waals surface area contributed by atoms with Crippen LogP contribution in [0.25, 0.3) is 11.3 Å². The van der Waals surface area contributed by atoms with E-state index in [4.69, 9.17) is 18.9 Å². The molecule has 0 bridgehead atoms. The van der Waals surface area contributed by atoms with Gasteiger partial charge in [0.25, 0.3) is 0 Å². The fourth-order valence-corrected chi connectivity index (χ4v) is 4.98. The standard InChI is InChI=1S/C24H28FNO7/c1-24(2)12-32-11-16-13-8-18(33-7-5-6-30-3)17(31-4)9-14(13)20-19(25)21(27)15(23(28)29)10-26(20)22(16)24/h8-10,16,22H,5-7,11-12H2,1-4H3,(H,28,29)/t16-,22+/m1/s1. The number of fused-ring (bicyclic) bond motifs is 6. The van der Waals surface area contributed by atoms with E-state index in [1.54, 1.807) is 17.7 Å². The molecule has 1 aromatic carbocycles. The van der Waals surface area contributed by atoms with Gasteiger partial charge in [-0.1, -0.05) is 13.8 Å². The average molecular weight is 461 g/mol. The number of pyridine rings is 1. The molecule has 0 aliphatic carbocycles. The molecule has 178 valence electrons. The Hall–Kier alpha value is -2.91. The Morgan fingerprint density at radius 1 is 1.27 bits per heavy atom. The molecule has 1 saturated heterocycles. The van der Waals surface area contributed by atoms with Crippen LogP contribution in [-0.2, 0) is 9.47 Å². The minimum absolute atomic E-state index is 0.0560. The molecule has 9 heteroatoms. The number of rotatable bonds is 7. The largest absolute Gasteiger partial charge is 0.493 e. The van der Waals surface area contributed by atoms with E-state index in [1.807, 2.05) is 19.9 Å². The molecule has 4 rings (SSSR count). The number of benzene rings is 1. The van der Waals surface area contributed by atoms with Gasteiger partial charge in [0, 0.05) is 43.2 Å². The van der Waals surface area contributed by atoms with Crippen molar-refractivity contribution >= 4 is 5.97 Å². The van der Waals surface area contributed by atoms with Gasteiger partial charge in [0.05, 0.1) is 38.7 Å². The summed E-state index contributed by atoms with van der Waals surface area (Å²) in [6.45, 7) is 5.71. The number of hydrogen-bond donors (Lipinski definition) is 1. The highest BCUT2D eigenvalue weighted by Gasteiger charge is 2.47. The fraction of sp³-hybridized carbons (Fsp3) is 0.500. The van der Waals surface area contributed by atoms with Crippen LogP contribution < -0.4 is 14.9 Å². The summed E-state index contributed by atoms with van der Waals surface area (Å²) < 4.78 is 39.5. The number of ether oxygens (including phenoxy) is 4. The highest BCUT2D eigenvalue weighted by atomic mass is 19.1. The van der Waals surface area contributed by atoms with E-state index in [0.717, 1.165) is 5.56 Å².